The van der Waals surface area contributed by atoms with Crippen molar-refractivity contribution < 1.29 is 0 Å². The second kappa shape index (κ2) is 5.56. The van der Waals surface area contributed by atoms with Crippen molar-refractivity contribution in [2.45, 2.75) is 71.1 Å². The van der Waals surface area contributed by atoms with Gasteiger partial charge in [0.05, 0.1) is 0 Å². The van der Waals surface area contributed by atoms with Crippen molar-refractivity contribution in [3.8, 4) is 0 Å². The lowest BCUT2D eigenvalue weighted by molar-refractivity contribution is 0.614. The fourth-order valence-corrected chi connectivity index (χ4v) is 4.17. The maximum atomic E-state index is 3.58. The summed E-state index contributed by atoms with van der Waals surface area (Å²) in [5.74, 6) is 0. The molecule has 0 unspecified atom stereocenters. The molecule has 104 valence electrons. The molecule has 0 aromatic heterocycles. The van der Waals surface area contributed by atoms with Crippen molar-refractivity contribution in [1.29, 1.82) is 0 Å². The molecule has 1 fully saturated rings. The van der Waals surface area contributed by atoms with E-state index in [4.69, 9.17) is 0 Å². The molecule has 0 amide bonds. The smallest absolute Gasteiger partial charge is 0.0404 e. The minimum absolute atomic E-state index is 1.29. The lowest BCUT2D eigenvalue weighted by atomic mass is 9.77. The quantitative estimate of drug-likeness (QED) is 0.696. The van der Waals surface area contributed by atoms with Crippen LogP contribution in [0.3, 0.4) is 0 Å². The summed E-state index contributed by atoms with van der Waals surface area (Å²) in [4.78, 5) is 0. The van der Waals surface area contributed by atoms with Gasteiger partial charge in [0.2, 0.25) is 0 Å². The van der Waals surface area contributed by atoms with Crippen LogP contribution in [0.15, 0.2) is 33.6 Å². The molecule has 3 aliphatic carbocycles. The van der Waals surface area contributed by atoms with Crippen LogP contribution in [0.4, 0.5) is 0 Å². The molecule has 1 N–H and O–H groups in total. The number of likely N-dealkylation sites (N-methyl/N-ethyl adjacent to an activating group) is 1. The Labute approximate surface area is 117 Å². The van der Waals surface area contributed by atoms with Gasteiger partial charge >= 0.3 is 0 Å². The molecular formula is C18H27N. The van der Waals surface area contributed by atoms with Crippen molar-refractivity contribution in [3.63, 3.8) is 0 Å². The second-order valence-corrected chi connectivity index (χ2v) is 6.36. The zero-order valence-corrected chi connectivity index (χ0v) is 12.6. The zero-order chi connectivity index (χ0) is 13.2. The van der Waals surface area contributed by atoms with Crippen molar-refractivity contribution >= 4 is 0 Å². The molecule has 0 atom stereocenters. The van der Waals surface area contributed by atoms with E-state index in [1.54, 1.807) is 27.9 Å². The van der Waals surface area contributed by atoms with Crippen LogP contribution in [-0.2, 0) is 0 Å². The van der Waals surface area contributed by atoms with Gasteiger partial charge in [-0.05, 0) is 87.9 Å². The van der Waals surface area contributed by atoms with Gasteiger partial charge in [-0.1, -0.05) is 11.1 Å². The summed E-state index contributed by atoms with van der Waals surface area (Å²) in [6.45, 7) is 2.38. The van der Waals surface area contributed by atoms with Gasteiger partial charge in [-0.15, -0.1) is 0 Å². The minimum atomic E-state index is 1.29. The molecule has 0 aliphatic heterocycles. The highest BCUT2D eigenvalue weighted by molar-refractivity contribution is 5.50. The highest BCUT2D eigenvalue weighted by Gasteiger charge is 2.25. The van der Waals surface area contributed by atoms with Gasteiger partial charge in [0, 0.05) is 12.7 Å². The molecular weight excluding hydrogens is 230 g/mol. The number of fused-ring (bicyclic) bond motifs is 1. The van der Waals surface area contributed by atoms with E-state index in [0.717, 1.165) is 0 Å². The first-order valence-electron chi connectivity index (χ1n) is 8.12. The first kappa shape index (κ1) is 13.0. The third-order valence-corrected chi connectivity index (χ3v) is 5.22. The maximum absolute atomic E-state index is 3.58. The maximum Gasteiger partial charge on any atom is 0.0404 e. The van der Waals surface area contributed by atoms with E-state index in [0.29, 0.717) is 0 Å². The topological polar surface area (TPSA) is 12.0 Å². The van der Waals surface area contributed by atoms with E-state index in [-0.39, 0.29) is 0 Å². The lowest BCUT2D eigenvalue weighted by Crippen LogP contribution is -2.19. The molecule has 0 radical (unpaired) electrons. The molecule has 0 saturated heterocycles. The summed E-state index contributed by atoms with van der Waals surface area (Å²) >= 11 is 0. The molecule has 0 bridgehead atoms. The first-order chi connectivity index (χ1) is 9.31. The minimum Gasteiger partial charge on any atom is -0.388 e. The third kappa shape index (κ3) is 2.40. The first-order valence-corrected chi connectivity index (χ1v) is 8.12. The second-order valence-electron chi connectivity index (χ2n) is 6.36. The Balaban J connectivity index is 2.13. The number of hydrogen-bond donors (Lipinski definition) is 1. The van der Waals surface area contributed by atoms with E-state index in [9.17, 15) is 0 Å². The van der Waals surface area contributed by atoms with Gasteiger partial charge < -0.3 is 5.32 Å². The summed E-state index contributed by atoms with van der Waals surface area (Å²) in [6, 6.07) is 0. The van der Waals surface area contributed by atoms with Gasteiger partial charge in [-0.2, -0.15) is 0 Å². The van der Waals surface area contributed by atoms with E-state index in [2.05, 4.69) is 19.3 Å². The van der Waals surface area contributed by atoms with Crippen molar-refractivity contribution in [2.24, 2.45) is 0 Å². The highest BCUT2D eigenvalue weighted by atomic mass is 14.8. The molecule has 1 heteroatoms. The molecule has 0 aromatic carbocycles. The third-order valence-electron chi connectivity index (χ3n) is 5.22. The van der Waals surface area contributed by atoms with Crippen molar-refractivity contribution in [3.05, 3.63) is 33.6 Å². The molecule has 1 nitrogen and oxygen atoms in total. The van der Waals surface area contributed by atoms with Gasteiger partial charge in [0.1, 0.15) is 0 Å². The summed E-state index contributed by atoms with van der Waals surface area (Å²) in [6.07, 6.45) is 13.4. The number of allylic oxidation sites excluding steroid dienone is 5. The molecule has 3 rings (SSSR count). The van der Waals surface area contributed by atoms with Gasteiger partial charge in [-0.25, -0.2) is 0 Å². The van der Waals surface area contributed by atoms with E-state index < -0.39 is 0 Å². The molecule has 0 heterocycles. The monoisotopic (exact) mass is 257 g/mol. The Kier molecular flexibility index (Phi) is 3.81. The largest absolute Gasteiger partial charge is 0.388 e. The molecule has 0 spiro atoms. The van der Waals surface area contributed by atoms with Crippen LogP contribution in [-0.4, -0.2) is 7.05 Å². The Morgan fingerprint density at radius 2 is 1.32 bits per heavy atom. The van der Waals surface area contributed by atoms with Gasteiger partial charge in [0.25, 0.3) is 0 Å². The average molecular weight is 257 g/mol. The van der Waals surface area contributed by atoms with Crippen molar-refractivity contribution in [2.75, 3.05) is 7.05 Å². The highest BCUT2D eigenvalue weighted by Crippen LogP contribution is 2.42. The number of nitrogens with one attached hydrogen (secondary N) is 1. The van der Waals surface area contributed by atoms with Crippen LogP contribution in [0.2, 0.25) is 0 Å². The Bertz CT molecular complexity index is 462. The Morgan fingerprint density at radius 3 is 2.05 bits per heavy atom. The Hall–Kier alpha value is -0.980. The van der Waals surface area contributed by atoms with Crippen LogP contribution >= 0.6 is 0 Å². The summed E-state index contributed by atoms with van der Waals surface area (Å²) in [5.41, 5.74) is 10.00. The van der Waals surface area contributed by atoms with Crippen LogP contribution in [0.25, 0.3) is 0 Å². The normalized spacial score (nSPS) is 28.5. The summed E-state index contributed by atoms with van der Waals surface area (Å²) in [5, 5.41) is 3.58. The molecule has 0 aromatic rings. The predicted molar refractivity (Wildman–Crippen MR) is 82.0 cm³/mol. The van der Waals surface area contributed by atoms with Crippen LogP contribution in [0.5, 0.6) is 0 Å². The fraction of sp³-hybridized carbons (Fsp3) is 0.667. The number of rotatable bonds is 1. The van der Waals surface area contributed by atoms with E-state index in [1.165, 1.54) is 69.9 Å². The molecule has 19 heavy (non-hydrogen) atoms. The van der Waals surface area contributed by atoms with Crippen LogP contribution in [0.1, 0.15) is 71.1 Å². The SMILES string of the molecule is CN/C1=C2\CCCCC2=C(C)CCC2=C1CCCC2. The van der Waals surface area contributed by atoms with Gasteiger partial charge in [0.15, 0.2) is 0 Å². The summed E-state index contributed by atoms with van der Waals surface area (Å²) in [7, 11) is 2.13. The predicted octanol–water partition coefficient (Wildman–Crippen LogP) is 5.01. The van der Waals surface area contributed by atoms with Crippen molar-refractivity contribution in [1.82, 2.24) is 5.32 Å². The van der Waals surface area contributed by atoms with E-state index >= 15 is 0 Å². The molecule has 1 saturated carbocycles. The number of hydrogen-bond acceptors (Lipinski definition) is 1. The lowest BCUT2D eigenvalue weighted by Gasteiger charge is -2.31. The standard InChI is InChI=1S/C18H27N/c1-13-11-12-14-7-3-4-9-16(14)18(19-2)17-10-6-5-8-15(13)17/h19H,3-12H2,1-2H3/b15-13?,18-17+. The molecule has 3 aliphatic rings. The zero-order valence-electron chi connectivity index (χ0n) is 12.6. The van der Waals surface area contributed by atoms with Crippen LogP contribution in [0, 0.1) is 0 Å². The fourth-order valence-electron chi connectivity index (χ4n) is 4.17. The Morgan fingerprint density at radius 1 is 0.684 bits per heavy atom. The van der Waals surface area contributed by atoms with Gasteiger partial charge in [-0.3, -0.25) is 0 Å². The summed E-state index contributed by atoms with van der Waals surface area (Å²) < 4.78 is 0. The average Bonchev–Trinajstić information content (AvgIpc) is 2.46. The van der Waals surface area contributed by atoms with Crippen LogP contribution < -0.4 is 5.32 Å². The van der Waals surface area contributed by atoms with E-state index in [1.807, 2.05) is 0 Å².